The number of hydrazone groups is 1. The lowest BCUT2D eigenvalue weighted by molar-refractivity contribution is -0.142. The Labute approximate surface area is 182 Å². The van der Waals surface area contributed by atoms with Gasteiger partial charge in [-0.05, 0) is 51.4 Å². The van der Waals surface area contributed by atoms with E-state index < -0.39 is 0 Å². The Bertz CT molecular complexity index is 818. The van der Waals surface area contributed by atoms with Crippen molar-refractivity contribution in [1.29, 1.82) is 0 Å². The fourth-order valence-corrected chi connectivity index (χ4v) is 3.99. The van der Waals surface area contributed by atoms with Gasteiger partial charge in [-0.25, -0.2) is 4.98 Å². The molecule has 0 spiro atoms. The van der Waals surface area contributed by atoms with Crippen LogP contribution in [-0.4, -0.2) is 54.9 Å². The summed E-state index contributed by atoms with van der Waals surface area (Å²) in [6.07, 6.45) is 6.91. The van der Waals surface area contributed by atoms with Crippen molar-refractivity contribution in [2.75, 3.05) is 38.3 Å². The number of rotatable bonds is 11. The molecule has 1 aromatic carbocycles. The summed E-state index contributed by atoms with van der Waals surface area (Å²) in [5.74, 6) is 0.549. The average molecular weight is 431 g/mol. The van der Waals surface area contributed by atoms with Crippen LogP contribution in [0.25, 0.3) is 0 Å². The Kier molecular flexibility index (Phi) is 9.11. The molecular weight excluding hydrogens is 400 g/mol. The Morgan fingerprint density at radius 3 is 2.97 bits per heavy atom. The number of nitrogens with zero attached hydrogens (tertiary/aromatic N) is 3. The quantitative estimate of drug-likeness (QED) is 0.252. The van der Waals surface area contributed by atoms with E-state index in [0.29, 0.717) is 24.0 Å². The van der Waals surface area contributed by atoms with Gasteiger partial charge >= 0.3 is 5.97 Å². The molecule has 0 saturated carbocycles. The number of esters is 1. The van der Waals surface area contributed by atoms with Crippen LogP contribution in [0.1, 0.15) is 43.9 Å². The van der Waals surface area contributed by atoms with Crippen molar-refractivity contribution in [2.24, 2.45) is 5.10 Å². The van der Waals surface area contributed by atoms with Crippen molar-refractivity contribution in [1.82, 2.24) is 9.88 Å². The monoisotopic (exact) mass is 430 g/mol. The van der Waals surface area contributed by atoms with E-state index in [9.17, 15) is 4.79 Å². The highest BCUT2D eigenvalue weighted by Gasteiger charge is 2.10. The molecule has 1 aromatic heterocycles. The molecule has 0 unspecified atom stereocenters. The molecule has 0 aliphatic carbocycles. The molecule has 0 bridgehead atoms. The molecule has 1 aliphatic rings. The van der Waals surface area contributed by atoms with Crippen LogP contribution in [0.4, 0.5) is 5.13 Å². The van der Waals surface area contributed by atoms with Gasteiger partial charge in [-0.1, -0.05) is 18.6 Å². The minimum atomic E-state index is -0.274. The maximum atomic E-state index is 11.5. The van der Waals surface area contributed by atoms with E-state index in [2.05, 4.69) is 20.4 Å². The summed E-state index contributed by atoms with van der Waals surface area (Å²) in [4.78, 5) is 18.4. The van der Waals surface area contributed by atoms with Gasteiger partial charge in [0, 0.05) is 17.5 Å². The number of hydrogen-bond donors (Lipinski definition) is 1. The van der Waals surface area contributed by atoms with Gasteiger partial charge < -0.3 is 14.4 Å². The molecule has 1 fully saturated rings. The maximum Gasteiger partial charge on any atom is 0.311 e. The van der Waals surface area contributed by atoms with Crippen LogP contribution in [0.15, 0.2) is 34.7 Å². The minimum absolute atomic E-state index is 0.170. The first-order valence-electron chi connectivity index (χ1n) is 10.6. The van der Waals surface area contributed by atoms with Crippen molar-refractivity contribution in [2.45, 2.75) is 39.0 Å². The molecule has 0 atom stereocenters. The first-order chi connectivity index (χ1) is 14.7. The molecule has 0 radical (unpaired) electrons. The minimum Gasteiger partial charge on any atom is -0.493 e. The van der Waals surface area contributed by atoms with E-state index >= 15 is 0 Å². The Morgan fingerprint density at radius 1 is 1.30 bits per heavy atom. The topological polar surface area (TPSA) is 76.1 Å². The number of piperidine rings is 1. The second-order valence-corrected chi connectivity index (χ2v) is 8.00. The van der Waals surface area contributed by atoms with Gasteiger partial charge in [-0.2, -0.15) is 5.10 Å². The third-order valence-electron chi connectivity index (χ3n) is 4.79. The second-order valence-electron chi connectivity index (χ2n) is 7.14. The SMILES string of the molecule is CCOC(=O)Cc1csc(NN=Cc2ccccc2OCCCN2CCCCC2)n1. The van der Waals surface area contributed by atoms with E-state index in [-0.39, 0.29) is 12.4 Å². The molecule has 7 nitrogen and oxygen atoms in total. The van der Waals surface area contributed by atoms with E-state index in [1.807, 2.05) is 29.6 Å². The van der Waals surface area contributed by atoms with Gasteiger partial charge in [0.1, 0.15) is 5.75 Å². The molecule has 1 N–H and O–H groups in total. The van der Waals surface area contributed by atoms with Crippen molar-refractivity contribution in [3.05, 3.63) is 40.9 Å². The lowest BCUT2D eigenvalue weighted by Gasteiger charge is -2.26. The number of likely N-dealkylation sites (tertiary alicyclic amines) is 1. The van der Waals surface area contributed by atoms with E-state index in [1.54, 1.807) is 13.1 Å². The first kappa shape index (κ1) is 22.2. The largest absolute Gasteiger partial charge is 0.493 e. The van der Waals surface area contributed by atoms with Gasteiger partial charge in [0.15, 0.2) is 0 Å². The average Bonchev–Trinajstić information content (AvgIpc) is 3.20. The van der Waals surface area contributed by atoms with Gasteiger partial charge in [-0.3, -0.25) is 10.2 Å². The van der Waals surface area contributed by atoms with Crippen LogP contribution in [0.5, 0.6) is 5.75 Å². The fraction of sp³-hybridized carbons (Fsp3) is 0.500. The van der Waals surface area contributed by atoms with Gasteiger partial charge in [0.2, 0.25) is 5.13 Å². The highest BCUT2D eigenvalue weighted by Crippen LogP contribution is 2.18. The van der Waals surface area contributed by atoms with Crippen molar-refractivity contribution >= 4 is 28.7 Å². The number of nitrogens with one attached hydrogen (secondary N) is 1. The standard InChI is InChI=1S/C22H30N4O3S/c1-2-28-21(27)15-19-17-30-22(24-19)25-23-16-18-9-4-5-10-20(18)29-14-8-13-26-11-6-3-7-12-26/h4-5,9-10,16-17H,2-3,6-8,11-15H2,1H3,(H,24,25). The summed E-state index contributed by atoms with van der Waals surface area (Å²) in [7, 11) is 0. The zero-order valence-corrected chi connectivity index (χ0v) is 18.3. The summed E-state index contributed by atoms with van der Waals surface area (Å²) in [6, 6.07) is 7.86. The zero-order valence-electron chi connectivity index (χ0n) is 17.5. The number of carbonyl (C=O) groups is 1. The number of aromatic nitrogens is 1. The molecule has 3 rings (SSSR count). The molecule has 2 aromatic rings. The van der Waals surface area contributed by atoms with Crippen molar-refractivity contribution in [3.63, 3.8) is 0 Å². The van der Waals surface area contributed by atoms with Crippen LogP contribution < -0.4 is 10.2 Å². The number of benzene rings is 1. The van der Waals surface area contributed by atoms with Crippen LogP contribution in [0.3, 0.4) is 0 Å². The summed E-state index contributed by atoms with van der Waals surface area (Å²) in [5.41, 5.74) is 4.50. The predicted octanol–water partition coefficient (Wildman–Crippen LogP) is 3.95. The van der Waals surface area contributed by atoms with Crippen LogP contribution in [0, 0.1) is 0 Å². The molecule has 8 heteroatoms. The normalized spacial score (nSPS) is 14.7. The third-order valence-corrected chi connectivity index (χ3v) is 5.59. The second kappa shape index (κ2) is 12.3. The Hall–Kier alpha value is -2.45. The molecule has 2 heterocycles. The lowest BCUT2D eigenvalue weighted by atomic mass is 10.1. The smallest absolute Gasteiger partial charge is 0.311 e. The zero-order chi connectivity index (χ0) is 21.0. The highest BCUT2D eigenvalue weighted by molar-refractivity contribution is 7.13. The van der Waals surface area contributed by atoms with Gasteiger partial charge in [0.25, 0.3) is 0 Å². The van der Waals surface area contributed by atoms with Gasteiger partial charge in [0.05, 0.1) is 31.5 Å². The number of hydrogen-bond acceptors (Lipinski definition) is 8. The molecular formula is C22H30N4O3S. The number of carbonyl (C=O) groups excluding carboxylic acids is 1. The predicted molar refractivity (Wildman–Crippen MR) is 121 cm³/mol. The molecule has 0 amide bonds. The van der Waals surface area contributed by atoms with Crippen LogP contribution in [0.2, 0.25) is 0 Å². The van der Waals surface area contributed by atoms with E-state index in [0.717, 1.165) is 24.3 Å². The molecule has 1 aliphatic heterocycles. The Balaban J connectivity index is 1.45. The maximum absolute atomic E-state index is 11.5. The van der Waals surface area contributed by atoms with E-state index in [4.69, 9.17) is 9.47 Å². The molecule has 162 valence electrons. The fourth-order valence-electron chi connectivity index (χ4n) is 3.33. The lowest BCUT2D eigenvalue weighted by Crippen LogP contribution is -2.31. The number of anilines is 1. The first-order valence-corrected chi connectivity index (χ1v) is 11.5. The summed E-state index contributed by atoms with van der Waals surface area (Å²) >= 11 is 1.40. The summed E-state index contributed by atoms with van der Waals surface area (Å²) in [5, 5.41) is 6.73. The number of thiazole rings is 1. The number of para-hydroxylation sites is 1. The summed E-state index contributed by atoms with van der Waals surface area (Å²) < 4.78 is 10.9. The summed E-state index contributed by atoms with van der Waals surface area (Å²) in [6.45, 7) is 6.38. The molecule has 30 heavy (non-hydrogen) atoms. The number of ether oxygens (including phenoxy) is 2. The highest BCUT2D eigenvalue weighted by atomic mass is 32.1. The third kappa shape index (κ3) is 7.42. The molecule has 1 saturated heterocycles. The van der Waals surface area contributed by atoms with Crippen molar-refractivity contribution < 1.29 is 14.3 Å². The van der Waals surface area contributed by atoms with Crippen LogP contribution >= 0.6 is 11.3 Å². The van der Waals surface area contributed by atoms with E-state index in [1.165, 1.54) is 43.7 Å². The Morgan fingerprint density at radius 2 is 2.13 bits per heavy atom. The van der Waals surface area contributed by atoms with Crippen molar-refractivity contribution in [3.8, 4) is 5.75 Å². The van der Waals surface area contributed by atoms with Gasteiger partial charge in [-0.15, -0.1) is 11.3 Å². The van der Waals surface area contributed by atoms with Crippen LogP contribution in [-0.2, 0) is 16.0 Å².